The highest BCUT2D eigenvalue weighted by molar-refractivity contribution is 7.98. The molecule has 0 spiro atoms. The Morgan fingerprint density at radius 1 is 1.48 bits per heavy atom. The van der Waals surface area contributed by atoms with E-state index in [1.165, 1.54) is 0 Å². The van der Waals surface area contributed by atoms with Crippen LogP contribution in [0.4, 0.5) is 11.4 Å². The summed E-state index contributed by atoms with van der Waals surface area (Å²) in [7, 11) is 2.07. The van der Waals surface area contributed by atoms with Crippen LogP contribution in [0.2, 0.25) is 0 Å². The first-order valence-corrected chi connectivity index (χ1v) is 8.59. The summed E-state index contributed by atoms with van der Waals surface area (Å²) in [6.07, 6.45) is 3.22. The van der Waals surface area contributed by atoms with Crippen molar-refractivity contribution in [1.29, 1.82) is 0 Å². The molecule has 0 aliphatic rings. The highest BCUT2D eigenvalue weighted by atomic mass is 32.2. The Balaban J connectivity index is 2.91. The van der Waals surface area contributed by atoms with Crippen LogP contribution in [-0.2, 0) is 6.54 Å². The van der Waals surface area contributed by atoms with Gasteiger partial charge in [0.05, 0.1) is 4.92 Å². The smallest absolute Gasteiger partial charge is 0.292 e. The molecule has 0 aliphatic carbocycles. The molecule has 0 bridgehead atoms. The molecule has 0 saturated heterocycles. The monoisotopic (exact) mass is 311 g/mol. The van der Waals surface area contributed by atoms with E-state index in [4.69, 9.17) is 0 Å². The lowest BCUT2D eigenvalue weighted by atomic mass is 10.1. The zero-order valence-electron chi connectivity index (χ0n) is 13.3. The normalized spacial score (nSPS) is 12.4. The largest absolute Gasteiger partial charge is 0.380 e. The Bertz CT molecular complexity index is 468. The van der Waals surface area contributed by atoms with Gasteiger partial charge in [-0.25, -0.2) is 0 Å². The maximum atomic E-state index is 11.2. The number of nitrogens with zero attached hydrogens (tertiary/aromatic N) is 2. The molecule has 0 radical (unpaired) electrons. The first-order valence-electron chi connectivity index (χ1n) is 7.20. The average molecular weight is 311 g/mol. The number of hydrogen-bond donors (Lipinski definition) is 1. The van der Waals surface area contributed by atoms with Crippen LogP contribution < -0.4 is 5.32 Å². The number of nitrogens with one attached hydrogen (secondary N) is 1. The third kappa shape index (κ3) is 5.21. The summed E-state index contributed by atoms with van der Waals surface area (Å²) in [6, 6.07) is 5.72. The summed E-state index contributed by atoms with van der Waals surface area (Å²) in [5.41, 5.74) is 1.78. The fraction of sp³-hybridized carbons (Fsp3) is 0.600. The number of thioether (sulfide) groups is 1. The molecule has 1 rings (SSSR count). The maximum Gasteiger partial charge on any atom is 0.292 e. The molecule has 0 saturated carbocycles. The summed E-state index contributed by atoms with van der Waals surface area (Å²) in [4.78, 5) is 13.1. The SMILES string of the molecule is CCNc1c(CN(C)C(C)CCSC)cccc1[N+](=O)[O-]. The van der Waals surface area contributed by atoms with Crippen LogP contribution in [0.25, 0.3) is 0 Å². The summed E-state index contributed by atoms with van der Waals surface area (Å²) in [6.45, 7) is 5.52. The van der Waals surface area contributed by atoms with Crippen LogP contribution in [0.15, 0.2) is 18.2 Å². The van der Waals surface area contributed by atoms with Gasteiger partial charge < -0.3 is 5.32 Å². The maximum absolute atomic E-state index is 11.2. The second-order valence-electron chi connectivity index (χ2n) is 5.14. The van der Waals surface area contributed by atoms with Crippen LogP contribution in [0.5, 0.6) is 0 Å². The minimum Gasteiger partial charge on any atom is -0.380 e. The van der Waals surface area contributed by atoms with Gasteiger partial charge >= 0.3 is 0 Å². The summed E-state index contributed by atoms with van der Waals surface area (Å²) in [5.74, 6) is 1.13. The van der Waals surface area contributed by atoms with Crippen molar-refractivity contribution in [2.24, 2.45) is 0 Å². The van der Waals surface area contributed by atoms with Gasteiger partial charge in [-0.1, -0.05) is 12.1 Å². The molecule has 0 aliphatic heterocycles. The Morgan fingerprint density at radius 2 is 2.19 bits per heavy atom. The van der Waals surface area contributed by atoms with Crippen molar-refractivity contribution in [2.45, 2.75) is 32.9 Å². The van der Waals surface area contributed by atoms with E-state index < -0.39 is 0 Å². The average Bonchev–Trinajstić information content (AvgIpc) is 2.46. The molecule has 1 atom stereocenters. The lowest BCUT2D eigenvalue weighted by Crippen LogP contribution is -2.29. The number of nitro benzene ring substituents is 1. The molecule has 21 heavy (non-hydrogen) atoms. The molecule has 1 aromatic rings. The molecule has 0 fully saturated rings. The standard InChI is InChI=1S/C15H25N3O2S/c1-5-16-15-13(7-6-8-14(15)18(19)20)11-17(3)12(2)9-10-21-4/h6-8,12,16H,5,9-11H2,1-4H3. The van der Waals surface area contributed by atoms with Gasteiger partial charge in [0.25, 0.3) is 5.69 Å². The summed E-state index contributed by atoms with van der Waals surface area (Å²) in [5, 5.41) is 14.3. The van der Waals surface area contributed by atoms with E-state index in [1.54, 1.807) is 12.1 Å². The van der Waals surface area contributed by atoms with Gasteiger partial charge in [0, 0.05) is 25.2 Å². The summed E-state index contributed by atoms with van der Waals surface area (Å²) >= 11 is 1.84. The number of hydrogen-bond acceptors (Lipinski definition) is 5. The van der Waals surface area contributed by atoms with Gasteiger partial charge in [-0.3, -0.25) is 15.0 Å². The number of rotatable bonds is 9. The molecule has 6 heteroatoms. The molecule has 5 nitrogen and oxygen atoms in total. The Kier molecular flexibility index (Phi) is 7.53. The van der Waals surface area contributed by atoms with E-state index in [-0.39, 0.29) is 10.6 Å². The zero-order chi connectivity index (χ0) is 15.8. The van der Waals surface area contributed by atoms with Crippen LogP contribution in [-0.4, -0.2) is 41.5 Å². The molecule has 0 aromatic heterocycles. The molecule has 1 unspecified atom stereocenters. The molecule has 0 amide bonds. The van der Waals surface area contributed by atoms with E-state index >= 15 is 0 Å². The Morgan fingerprint density at radius 3 is 2.76 bits per heavy atom. The van der Waals surface area contributed by atoms with E-state index in [2.05, 4.69) is 30.4 Å². The van der Waals surface area contributed by atoms with Gasteiger partial charge in [0.15, 0.2) is 0 Å². The summed E-state index contributed by atoms with van der Waals surface area (Å²) < 4.78 is 0. The van der Waals surface area contributed by atoms with Gasteiger partial charge in [-0.2, -0.15) is 11.8 Å². The van der Waals surface area contributed by atoms with Crippen LogP contribution >= 0.6 is 11.8 Å². The first-order chi connectivity index (χ1) is 10.0. The lowest BCUT2D eigenvalue weighted by Gasteiger charge is -2.25. The predicted octanol–water partition coefficient (Wildman–Crippen LogP) is 3.60. The van der Waals surface area contributed by atoms with Crippen LogP contribution in [0.3, 0.4) is 0 Å². The fourth-order valence-corrected chi connectivity index (χ4v) is 2.76. The number of nitro groups is 1. The van der Waals surface area contributed by atoms with Gasteiger partial charge in [-0.05, 0) is 44.9 Å². The third-order valence-corrected chi connectivity index (χ3v) is 4.23. The van der Waals surface area contributed by atoms with Crippen LogP contribution in [0.1, 0.15) is 25.8 Å². The second kappa shape index (κ2) is 8.89. The number of anilines is 1. The van der Waals surface area contributed by atoms with Gasteiger partial charge in [0.2, 0.25) is 0 Å². The Hall–Kier alpha value is -1.27. The highest BCUT2D eigenvalue weighted by Gasteiger charge is 2.18. The van der Waals surface area contributed by atoms with Crippen molar-refractivity contribution in [1.82, 2.24) is 4.90 Å². The molecule has 118 valence electrons. The second-order valence-corrected chi connectivity index (χ2v) is 6.13. The van der Waals surface area contributed by atoms with Crippen molar-refractivity contribution in [3.63, 3.8) is 0 Å². The highest BCUT2D eigenvalue weighted by Crippen LogP contribution is 2.29. The fourth-order valence-electron chi connectivity index (χ4n) is 2.18. The van der Waals surface area contributed by atoms with E-state index in [0.29, 0.717) is 24.8 Å². The molecular formula is C15H25N3O2S. The van der Waals surface area contributed by atoms with Crippen molar-refractivity contribution >= 4 is 23.1 Å². The number of para-hydroxylation sites is 1. The van der Waals surface area contributed by atoms with Crippen molar-refractivity contribution in [3.8, 4) is 0 Å². The lowest BCUT2D eigenvalue weighted by molar-refractivity contribution is -0.384. The molecule has 0 heterocycles. The quantitative estimate of drug-likeness (QED) is 0.558. The van der Waals surface area contributed by atoms with Gasteiger partial charge in [0.1, 0.15) is 5.69 Å². The van der Waals surface area contributed by atoms with Gasteiger partial charge in [-0.15, -0.1) is 0 Å². The molecular weight excluding hydrogens is 286 g/mol. The van der Waals surface area contributed by atoms with Crippen molar-refractivity contribution in [3.05, 3.63) is 33.9 Å². The Labute approximate surface area is 131 Å². The van der Waals surface area contributed by atoms with E-state index in [1.807, 2.05) is 24.8 Å². The van der Waals surface area contributed by atoms with E-state index in [9.17, 15) is 10.1 Å². The van der Waals surface area contributed by atoms with Crippen molar-refractivity contribution < 1.29 is 4.92 Å². The molecule has 1 aromatic carbocycles. The minimum absolute atomic E-state index is 0.152. The predicted molar refractivity (Wildman–Crippen MR) is 91.2 cm³/mol. The minimum atomic E-state index is -0.321. The molecule has 1 N–H and O–H groups in total. The van der Waals surface area contributed by atoms with Crippen molar-refractivity contribution in [2.75, 3.05) is 30.9 Å². The first kappa shape index (κ1) is 17.8. The third-order valence-electron chi connectivity index (χ3n) is 3.59. The van der Waals surface area contributed by atoms with E-state index in [0.717, 1.165) is 17.7 Å². The topological polar surface area (TPSA) is 58.4 Å². The van der Waals surface area contributed by atoms with Crippen LogP contribution in [0, 0.1) is 10.1 Å². The number of benzene rings is 1. The zero-order valence-corrected chi connectivity index (χ0v) is 14.1.